The fraction of sp³-hybridized carbons (Fsp3) is 0.381. The fourth-order valence-electron chi connectivity index (χ4n) is 3.65. The molecule has 0 aliphatic carbocycles. The van der Waals surface area contributed by atoms with E-state index in [1.165, 1.54) is 0 Å². The van der Waals surface area contributed by atoms with Crippen molar-refractivity contribution in [3.63, 3.8) is 0 Å². The van der Waals surface area contributed by atoms with Crippen molar-refractivity contribution in [3.8, 4) is 0 Å². The molecule has 0 amide bonds. The topological polar surface area (TPSA) is 74.6 Å². The van der Waals surface area contributed by atoms with E-state index in [-0.39, 0.29) is 19.0 Å². The van der Waals surface area contributed by atoms with Crippen LogP contribution in [0, 0.1) is 0 Å². The van der Waals surface area contributed by atoms with Gasteiger partial charge < -0.3 is 14.0 Å². The van der Waals surface area contributed by atoms with Crippen LogP contribution in [0.2, 0.25) is 0 Å². The van der Waals surface area contributed by atoms with Crippen LogP contribution in [0.15, 0.2) is 42.5 Å². The Morgan fingerprint density at radius 1 is 0.963 bits per heavy atom. The Morgan fingerprint density at radius 3 is 2.19 bits per heavy atom. The molecule has 1 aromatic heterocycles. The molecule has 0 radical (unpaired) electrons. The van der Waals surface area contributed by atoms with Crippen LogP contribution in [0.4, 0.5) is 0 Å². The van der Waals surface area contributed by atoms with E-state index < -0.39 is 17.4 Å². The van der Waals surface area contributed by atoms with E-state index in [1.54, 1.807) is 54.8 Å². The Hall–Kier alpha value is -2.89. The van der Waals surface area contributed by atoms with Crippen molar-refractivity contribution in [3.05, 3.63) is 59.4 Å². The maximum absolute atomic E-state index is 12.9. The molecule has 1 aliphatic heterocycles. The van der Waals surface area contributed by atoms with Gasteiger partial charge in [-0.15, -0.1) is 0 Å². The lowest BCUT2D eigenvalue weighted by molar-refractivity contribution is -0.166. The van der Waals surface area contributed by atoms with E-state index in [0.29, 0.717) is 36.3 Å². The van der Waals surface area contributed by atoms with Gasteiger partial charge in [0, 0.05) is 17.8 Å². The summed E-state index contributed by atoms with van der Waals surface area (Å²) in [5.41, 5.74) is -0.0555. The van der Waals surface area contributed by atoms with Crippen LogP contribution in [0.5, 0.6) is 0 Å². The minimum Gasteiger partial charge on any atom is -0.465 e. The average Bonchev–Trinajstić information content (AvgIpc) is 3.12. The summed E-state index contributed by atoms with van der Waals surface area (Å²) < 4.78 is 12.2. The second kappa shape index (κ2) is 7.78. The molecular formula is C21H23NO5. The first kappa shape index (κ1) is 18.9. The van der Waals surface area contributed by atoms with Gasteiger partial charge in [0.25, 0.3) is 0 Å². The molecule has 6 heteroatoms. The van der Waals surface area contributed by atoms with Crippen LogP contribution in [0.3, 0.4) is 0 Å². The van der Waals surface area contributed by atoms with Gasteiger partial charge >= 0.3 is 11.9 Å². The summed E-state index contributed by atoms with van der Waals surface area (Å²) in [5, 5.41) is 0. The van der Waals surface area contributed by atoms with Crippen molar-refractivity contribution < 1.29 is 23.9 Å². The van der Waals surface area contributed by atoms with E-state index in [9.17, 15) is 14.4 Å². The second-order valence-electron chi connectivity index (χ2n) is 6.40. The van der Waals surface area contributed by atoms with Gasteiger partial charge in [-0.3, -0.25) is 14.4 Å². The molecule has 1 aliphatic rings. The third kappa shape index (κ3) is 3.16. The number of nitrogens with zero attached hydrogens (tertiary/aromatic N) is 1. The zero-order valence-electron chi connectivity index (χ0n) is 15.6. The van der Waals surface area contributed by atoms with Gasteiger partial charge in [0.2, 0.25) is 11.2 Å². The van der Waals surface area contributed by atoms with Crippen molar-refractivity contribution in [2.75, 3.05) is 13.2 Å². The Kier molecular flexibility index (Phi) is 5.44. The fourth-order valence-corrected chi connectivity index (χ4v) is 3.65. The molecule has 0 N–H and O–H groups in total. The van der Waals surface area contributed by atoms with Crippen LogP contribution in [0.25, 0.3) is 0 Å². The van der Waals surface area contributed by atoms with Gasteiger partial charge in [-0.2, -0.15) is 0 Å². The summed E-state index contributed by atoms with van der Waals surface area (Å²) >= 11 is 0. The molecule has 0 fully saturated rings. The number of ether oxygens (including phenoxy) is 2. The van der Waals surface area contributed by atoms with Crippen LogP contribution in [-0.2, 0) is 31.0 Å². The van der Waals surface area contributed by atoms with E-state index >= 15 is 0 Å². The molecule has 0 spiro atoms. The molecule has 142 valence electrons. The van der Waals surface area contributed by atoms with Gasteiger partial charge in [-0.1, -0.05) is 30.3 Å². The van der Waals surface area contributed by atoms with Crippen molar-refractivity contribution in [1.29, 1.82) is 0 Å². The minimum absolute atomic E-state index is 0.148. The quantitative estimate of drug-likeness (QED) is 0.445. The van der Waals surface area contributed by atoms with Crippen molar-refractivity contribution in [1.82, 2.24) is 4.57 Å². The first-order chi connectivity index (χ1) is 13.1. The van der Waals surface area contributed by atoms with Crippen LogP contribution < -0.4 is 0 Å². The lowest BCUT2D eigenvalue weighted by atomic mass is 9.77. The summed E-state index contributed by atoms with van der Waals surface area (Å²) in [6.07, 6.45) is 0.863. The van der Waals surface area contributed by atoms with Crippen molar-refractivity contribution >= 4 is 17.7 Å². The van der Waals surface area contributed by atoms with Gasteiger partial charge in [-0.05, 0) is 38.8 Å². The van der Waals surface area contributed by atoms with Crippen LogP contribution in [0.1, 0.15) is 48.4 Å². The number of esters is 2. The molecule has 1 aromatic carbocycles. The van der Waals surface area contributed by atoms with Crippen LogP contribution >= 0.6 is 0 Å². The lowest BCUT2D eigenvalue weighted by Crippen LogP contribution is -2.49. The predicted octanol–water partition coefficient (Wildman–Crippen LogP) is 2.88. The standard InChI is InChI=1S/C21H23NO5/c1-3-26-19(24)21(20(25)27-4-2)13-8-14-22-16(11-12-17(21)22)18(23)15-9-6-5-7-10-15/h5-7,9-12H,3-4,8,13-14H2,1-2H3. The summed E-state index contributed by atoms with van der Waals surface area (Å²) in [6.45, 7) is 4.27. The Labute approximate surface area is 158 Å². The smallest absolute Gasteiger partial charge is 0.329 e. The number of hydrogen-bond acceptors (Lipinski definition) is 5. The molecule has 0 unspecified atom stereocenters. The maximum atomic E-state index is 12.9. The first-order valence-corrected chi connectivity index (χ1v) is 9.20. The molecule has 0 atom stereocenters. The summed E-state index contributed by atoms with van der Waals surface area (Å²) in [5.74, 6) is -1.40. The monoisotopic (exact) mass is 369 g/mol. The Morgan fingerprint density at radius 2 is 1.59 bits per heavy atom. The molecule has 6 nitrogen and oxygen atoms in total. The first-order valence-electron chi connectivity index (χ1n) is 9.20. The third-order valence-electron chi connectivity index (χ3n) is 4.87. The number of ketones is 1. The molecule has 27 heavy (non-hydrogen) atoms. The second-order valence-corrected chi connectivity index (χ2v) is 6.40. The average molecular weight is 369 g/mol. The summed E-state index contributed by atoms with van der Waals surface area (Å²) in [6, 6.07) is 12.3. The minimum atomic E-state index is -1.53. The van der Waals surface area contributed by atoms with E-state index in [2.05, 4.69) is 0 Å². The number of hydrogen-bond donors (Lipinski definition) is 0. The van der Waals surface area contributed by atoms with E-state index in [0.717, 1.165) is 0 Å². The molecular weight excluding hydrogens is 346 g/mol. The molecule has 0 saturated carbocycles. The highest BCUT2D eigenvalue weighted by molar-refractivity contribution is 6.10. The third-order valence-corrected chi connectivity index (χ3v) is 4.87. The summed E-state index contributed by atoms with van der Waals surface area (Å²) in [4.78, 5) is 38.6. The zero-order valence-corrected chi connectivity index (χ0v) is 15.6. The maximum Gasteiger partial charge on any atom is 0.329 e. The number of benzene rings is 1. The van der Waals surface area contributed by atoms with Crippen LogP contribution in [-0.4, -0.2) is 35.5 Å². The highest BCUT2D eigenvalue weighted by Crippen LogP contribution is 2.38. The number of fused-ring (bicyclic) bond motifs is 1. The number of aromatic nitrogens is 1. The van der Waals surface area contributed by atoms with Crippen molar-refractivity contribution in [2.45, 2.75) is 38.6 Å². The zero-order chi connectivity index (χ0) is 19.4. The highest BCUT2D eigenvalue weighted by atomic mass is 16.6. The largest absolute Gasteiger partial charge is 0.465 e. The molecule has 2 aromatic rings. The Bertz CT molecular complexity index is 835. The lowest BCUT2D eigenvalue weighted by Gasteiger charge is -2.34. The normalized spacial score (nSPS) is 14.9. The van der Waals surface area contributed by atoms with Gasteiger partial charge in [0.15, 0.2) is 0 Å². The number of carbonyl (C=O) groups is 3. The Balaban J connectivity index is 2.10. The van der Waals surface area contributed by atoms with Gasteiger partial charge in [0.1, 0.15) is 0 Å². The van der Waals surface area contributed by atoms with E-state index in [1.807, 2.05) is 6.07 Å². The molecule has 3 rings (SSSR count). The molecule has 0 saturated heterocycles. The van der Waals surface area contributed by atoms with Gasteiger partial charge in [0.05, 0.1) is 18.9 Å². The highest BCUT2D eigenvalue weighted by Gasteiger charge is 2.54. The SMILES string of the molecule is CCOC(=O)C1(C(=O)OCC)CCCn2c(C(=O)c3ccccc3)ccc21. The van der Waals surface area contributed by atoms with E-state index in [4.69, 9.17) is 9.47 Å². The predicted molar refractivity (Wildman–Crippen MR) is 98.5 cm³/mol. The van der Waals surface area contributed by atoms with Gasteiger partial charge in [-0.25, -0.2) is 0 Å². The van der Waals surface area contributed by atoms with Crippen molar-refractivity contribution in [2.24, 2.45) is 0 Å². The summed E-state index contributed by atoms with van der Waals surface area (Å²) in [7, 11) is 0. The number of carbonyl (C=O) groups excluding carboxylic acids is 3. The molecule has 2 heterocycles. The number of rotatable bonds is 6. The molecule has 0 bridgehead atoms.